The van der Waals surface area contributed by atoms with Crippen molar-refractivity contribution in [1.82, 2.24) is 19.7 Å². The molecular formula is C16H19ClN6O. The average molecular weight is 347 g/mol. The molecule has 0 aliphatic rings. The fraction of sp³-hybridized carbons (Fsp3) is 0.312. The maximum atomic E-state index is 6.05. The van der Waals surface area contributed by atoms with Gasteiger partial charge in [-0.15, -0.1) is 0 Å². The molecule has 0 spiro atoms. The Kier molecular flexibility index (Phi) is 5.12. The van der Waals surface area contributed by atoms with Crippen LogP contribution in [0, 0.1) is 0 Å². The molecule has 126 valence electrons. The van der Waals surface area contributed by atoms with Crippen LogP contribution in [-0.2, 0) is 11.8 Å². The van der Waals surface area contributed by atoms with Gasteiger partial charge in [0.2, 0.25) is 5.95 Å². The monoisotopic (exact) mass is 346 g/mol. The van der Waals surface area contributed by atoms with Crippen LogP contribution in [-0.4, -0.2) is 40.0 Å². The first-order valence-electron chi connectivity index (χ1n) is 7.62. The van der Waals surface area contributed by atoms with Gasteiger partial charge in [-0.25, -0.2) is 0 Å². The summed E-state index contributed by atoms with van der Waals surface area (Å²) in [4.78, 5) is 9.09. The Morgan fingerprint density at radius 1 is 1.29 bits per heavy atom. The highest BCUT2D eigenvalue weighted by Gasteiger charge is 2.12. The number of hydrogen-bond donors (Lipinski definition) is 2. The summed E-state index contributed by atoms with van der Waals surface area (Å²) < 4.78 is 6.77. The van der Waals surface area contributed by atoms with Crippen LogP contribution in [0.15, 0.2) is 30.5 Å². The van der Waals surface area contributed by atoms with Crippen LogP contribution in [0.4, 0.5) is 17.5 Å². The average Bonchev–Trinajstić information content (AvgIpc) is 2.93. The molecule has 0 atom stereocenters. The molecule has 3 rings (SSSR count). The van der Waals surface area contributed by atoms with Crippen molar-refractivity contribution in [3.05, 3.63) is 35.5 Å². The van der Waals surface area contributed by atoms with Crippen LogP contribution in [0.5, 0.6) is 0 Å². The smallest absolute Gasteiger partial charge is 0.226 e. The second-order valence-corrected chi connectivity index (χ2v) is 5.75. The lowest BCUT2D eigenvalue weighted by molar-refractivity contribution is 0.197. The van der Waals surface area contributed by atoms with E-state index in [9.17, 15) is 0 Å². The van der Waals surface area contributed by atoms with Crippen LogP contribution in [0.2, 0.25) is 5.02 Å². The van der Waals surface area contributed by atoms with E-state index in [2.05, 4.69) is 25.7 Å². The van der Waals surface area contributed by atoms with Crippen LogP contribution in [0.3, 0.4) is 0 Å². The van der Waals surface area contributed by atoms with Crippen LogP contribution < -0.4 is 10.6 Å². The van der Waals surface area contributed by atoms with Gasteiger partial charge in [-0.1, -0.05) is 17.7 Å². The molecule has 0 unspecified atom stereocenters. The third-order valence-electron chi connectivity index (χ3n) is 3.49. The molecule has 2 aromatic heterocycles. The summed E-state index contributed by atoms with van der Waals surface area (Å²) in [7, 11) is 3.54. The van der Waals surface area contributed by atoms with E-state index in [-0.39, 0.29) is 0 Å². The summed E-state index contributed by atoms with van der Waals surface area (Å²) in [5.41, 5.74) is 1.61. The third kappa shape index (κ3) is 3.74. The maximum absolute atomic E-state index is 6.05. The van der Waals surface area contributed by atoms with Crippen LogP contribution in [0.1, 0.15) is 6.42 Å². The van der Waals surface area contributed by atoms with Gasteiger partial charge in [-0.2, -0.15) is 15.1 Å². The predicted octanol–water partition coefficient (Wildman–Crippen LogP) is 3.21. The number of benzene rings is 1. The van der Waals surface area contributed by atoms with Gasteiger partial charge in [-0.3, -0.25) is 4.68 Å². The Hall–Kier alpha value is -2.38. The molecule has 7 nitrogen and oxygen atoms in total. The van der Waals surface area contributed by atoms with Crippen molar-refractivity contribution < 1.29 is 4.74 Å². The zero-order chi connectivity index (χ0) is 16.9. The normalized spacial score (nSPS) is 11.0. The number of aryl methyl sites for hydroxylation is 1. The topological polar surface area (TPSA) is 76.9 Å². The fourth-order valence-electron chi connectivity index (χ4n) is 2.32. The first kappa shape index (κ1) is 16.5. The molecule has 2 N–H and O–H groups in total. The van der Waals surface area contributed by atoms with Crippen molar-refractivity contribution in [3.8, 4) is 0 Å². The summed E-state index contributed by atoms with van der Waals surface area (Å²) in [6.45, 7) is 1.42. The molecule has 0 bridgehead atoms. The number of hydrogen-bond acceptors (Lipinski definition) is 6. The standard InChI is InChI=1S/C16H19ClN6O/c1-23-15-13(10-19-23)14(20-12-6-3-5-11(17)9-12)21-16(22-15)18-7-4-8-24-2/h3,5-6,9-10H,4,7-8H2,1-2H3,(H2,18,20,21,22). The summed E-state index contributed by atoms with van der Waals surface area (Å²) in [6, 6.07) is 7.49. The SMILES string of the molecule is COCCCNc1nc(Nc2cccc(Cl)c2)c2cnn(C)c2n1. The van der Waals surface area contributed by atoms with Crippen molar-refractivity contribution in [3.63, 3.8) is 0 Å². The zero-order valence-corrected chi connectivity index (χ0v) is 14.3. The van der Waals surface area contributed by atoms with Crippen molar-refractivity contribution >= 4 is 40.1 Å². The Balaban J connectivity index is 1.90. The van der Waals surface area contributed by atoms with Crippen LogP contribution in [0.25, 0.3) is 11.0 Å². The quantitative estimate of drug-likeness (QED) is 0.640. The molecule has 1 aromatic carbocycles. The van der Waals surface area contributed by atoms with Crippen molar-refractivity contribution in [1.29, 1.82) is 0 Å². The van der Waals surface area contributed by atoms with E-state index < -0.39 is 0 Å². The van der Waals surface area contributed by atoms with E-state index in [1.807, 2.05) is 31.3 Å². The molecule has 8 heteroatoms. The van der Waals surface area contributed by atoms with Gasteiger partial charge in [0, 0.05) is 38.0 Å². The molecule has 0 saturated carbocycles. The highest BCUT2D eigenvalue weighted by atomic mass is 35.5. The predicted molar refractivity (Wildman–Crippen MR) is 96.0 cm³/mol. The number of nitrogens with one attached hydrogen (secondary N) is 2. The third-order valence-corrected chi connectivity index (χ3v) is 3.72. The minimum absolute atomic E-state index is 0.548. The van der Waals surface area contributed by atoms with Gasteiger partial charge in [0.1, 0.15) is 5.82 Å². The number of methoxy groups -OCH3 is 1. The van der Waals surface area contributed by atoms with Gasteiger partial charge < -0.3 is 15.4 Å². The molecule has 0 amide bonds. The Labute approximate surface area is 145 Å². The van der Waals surface area contributed by atoms with Gasteiger partial charge in [0.05, 0.1) is 11.6 Å². The lowest BCUT2D eigenvalue weighted by Gasteiger charge is -2.10. The summed E-state index contributed by atoms with van der Waals surface area (Å²) in [6.07, 6.45) is 2.62. The lowest BCUT2D eigenvalue weighted by Crippen LogP contribution is -2.09. The molecule has 3 aromatic rings. The Bertz CT molecular complexity index is 835. The minimum Gasteiger partial charge on any atom is -0.385 e. The van der Waals surface area contributed by atoms with Gasteiger partial charge in [0.25, 0.3) is 0 Å². The number of ether oxygens (including phenoxy) is 1. The van der Waals surface area contributed by atoms with Crippen LogP contribution >= 0.6 is 11.6 Å². The number of nitrogens with zero attached hydrogens (tertiary/aromatic N) is 4. The molecule has 0 aliphatic heterocycles. The second-order valence-electron chi connectivity index (χ2n) is 5.31. The van der Waals surface area contributed by atoms with E-state index in [0.717, 1.165) is 29.7 Å². The van der Waals surface area contributed by atoms with Gasteiger partial charge in [0.15, 0.2) is 5.65 Å². The lowest BCUT2D eigenvalue weighted by atomic mass is 10.3. The van der Waals surface area contributed by atoms with E-state index in [0.29, 0.717) is 23.4 Å². The first-order valence-corrected chi connectivity index (χ1v) is 8.00. The van der Waals surface area contributed by atoms with Gasteiger partial charge in [-0.05, 0) is 24.6 Å². The highest BCUT2D eigenvalue weighted by molar-refractivity contribution is 6.30. The molecule has 24 heavy (non-hydrogen) atoms. The summed E-state index contributed by atoms with van der Waals surface area (Å²) >= 11 is 6.05. The zero-order valence-electron chi connectivity index (χ0n) is 13.6. The Morgan fingerprint density at radius 2 is 2.17 bits per heavy atom. The molecule has 0 fully saturated rings. The summed E-state index contributed by atoms with van der Waals surface area (Å²) in [5.74, 6) is 1.23. The molecular weight excluding hydrogens is 328 g/mol. The number of aromatic nitrogens is 4. The van der Waals surface area contributed by atoms with Crippen molar-refractivity contribution in [2.75, 3.05) is 30.9 Å². The van der Waals surface area contributed by atoms with Crippen molar-refractivity contribution in [2.24, 2.45) is 7.05 Å². The second kappa shape index (κ2) is 7.46. The van der Waals surface area contributed by atoms with E-state index in [4.69, 9.17) is 16.3 Å². The fourth-order valence-corrected chi connectivity index (χ4v) is 2.51. The Morgan fingerprint density at radius 3 is 2.96 bits per heavy atom. The van der Waals surface area contributed by atoms with Gasteiger partial charge >= 0.3 is 0 Å². The highest BCUT2D eigenvalue weighted by Crippen LogP contribution is 2.26. The molecule has 2 heterocycles. The number of rotatable bonds is 7. The first-order chi connectivity index (χ1) is 11.7. The molecule has 0 radical (unpaired) electrons. The molecule has 0 aliphatic carbocycles. The van der Waals surface area contributed by atoms with E-state index >= 15 is 0 Å². The number of halogens is 1. The minimum atomic E-state index is 0.548. The summed E-state index contributed by atoms with van der Waals surface area (Å²) in [5, 5.41) is 12.3. The number of fused-ring (bicyclic) bond motifs is 1. The van der Waals surface area contributed by atoms with E-state index in [1.165, 1.54) is 0 Å². The molecule has 0 saturated heterocycles. The maximum Gasteiger partial charge on any atom is 0.226 e. The van der Waals surface area contributed by atoms with E-state index in [1.54, 1.807) is 18.0 Å². The van der Waals surface area contributed by atoms with Crippen molar-refractivity contribution in [2.45, 2.75) is 6.42 Å². The largest absolute Gasteiger partial charge is 0.385 e. The number of anilines is 3.